The number of thiazole rings is 1. The van der Waals surface area contributed by atoms with Crippen LogP contribution in [0.4, 0.5) is 5.13 Å². The molecule has 3 rings (SSSR count). The monoisotopic (exact) mass is 318 g/mol. The van der Waals surface area contributed by atoms with Gasteiger partial charge >= 0.3 is 0 Å². The number of rotatable bonds is 5. The smallest absolute Gasteiger partial charge is 0.183 e. The van der Waals surface area contributed by atoms with Gasteiger partial charge in [0.1, 0.15) is 5.75 Å². The number of aromatic nitrogens is 1. The maximum atomic E-state index is 5.88. The van der Waals surface area contributed by atoms with Gasteiger partial charge < -0.3 is 10.1 Å². The van der Waals surface area contributed by atoms with Gasteiger partial charge in [-0.1, -0.05) is 35.1 Å². The summed E-state index contributed by atoms with van der Waals surface area (Å²) in [5, 5.41) is 5.08. The first-order chi connectivity index (χ1) is 10.2. The number of ether oxygens (including phenoxy) is 1. The van der Waals surface area contributed by atoms with Gasteiger partial charge in [0.25, 0.3) is 0 Å². The van der Waals surface area contributed by atoms with Gasteiger partial charge in [-0.2, -0.15) is 0 Å². The van der Waals surface area contributed by atoms with E-state index in [-0.39, 0.29) is 0 Å². The molecule has 0 atom stereocenters. The molecule has 0 aliphatic rings. The summed E-state index contributed by atoms with van der Waals surface area (Å²) in [6.07, 6.45) is 0.941. The Kier molecular flexibility index (Phi) is 4.27. The van der Waals surface area contributed by atoms with E-state index in [0.717, 1.165) is 39.1 Å². The van der Waals surface area contributed by atoms with Crippen molar-refractivity contribution in [2.24, 2.45) is 0 Å². The largest absolute Gasteiger partial charge is 0.497 e. The first kappa shape index (κ1) is 14.2. The van der Waals surface area contributed by atoms with Gasteiger partial charge in [-0.15, -0.1) is 0 Å². The molecule has 0 radical (unpaired) electrons. The van der Waals surface area contributed by atoms with Crippen LogP contribution in [-0.2, 0) is 6.42 Å². The number of hydrogen-bond donors (Lipinski definition) is 1. The third-order valence-corrected chi connectivity index (χ3v) is 4.43. The Hall–Kier alpha value is -1.78. The van der Waals surface area contributed by atoms with Crippen molar-refractivity contribution in [2.45, 2.75) is 6.42 Å². The molecule has 0 spiro atoms. The molecule has 108 valence electrons. The fourth-order valence-electron chi connectivity index (χ4n) is 2.07. The van der Waals surface area contributed by atoms with Gasteiger partial charge in [0, 0.05) is 11.6 Å². The number of halogens is 1. The van der Waals surface area contributed by atoms with Gasteiger partial charge in [-0.05, 0) is 42.3 Å². The van der Waals surface area contributed by atoms with Gasteiger partial charge in [-0.25, -0.2) is 4.98 Å². The van der Waals surface area contributed by atoms with E-state index in [0.29, 0.717) is 0 Å². The normalized spacial score (nSPS) is 10.8. The van der Waals surface area contributed by atoms with Crippen LogP contribution in [0.5, 0.6) is 5.75 Å². The fraction of sp³-hybridized carbons (Fsp3) is 0.188. The van der Waals surface area contributed by atoms with Crippen molar-refractivity contribution in [2.75, 3.05) is 19.0 Å². The molecule has 2 aromatic carbocycles. The zero-order chi connectivity index (χ0) is 14.7. The maximum Gasteiger partial charge on any atom is 0.183 e. The molecule has 0 unspecified atom stereocenters. The third kappa shape index (κ3) is 3.46. The Morgan fingerprint density at radius 3 is 2.76 bits per heavy atom. The van der Waals surface area contributed by atoms with E-state index in [1.807, 2.05) is 42.5 Å². The Balaban J connectivity index is 1.63. The second-order valence-electron chi connectivity index (χ2n) is 4.66. The lowest BCUT2D eigenvalue weighted by molar-refractivity contribution is 0.415. The van der Waals surface area contributed by atoms with Crippen LogP contribution < -0.4 is 10.1 Å². The van der Waals surface area contributed by atoms with Crippen LogP contribution >= 0.6 is 22.9 Å². The Bertz CT molecular complexity index is 740. The number of fused-ring (bicyclic) bond motifs is 1. The summed E-state index contributed by atoms with van der Waals surface area (Å²) in [7, 11) is 1.67. The molecule has 0 aliphatic heterocycles. The summed E-state index contributed by atoms with van der Waals surface area (Å²) < 4.78 is 6.36. The summed E-state index contributed by atoms with van der Waals surface area (Å²) in [5.41, 5.74) is 2.25. The number of hydrogen-bond acceptors (Lipinski definition) is 4. The Morgan fingerprint density at radius 1 is 1.19 bits per heavy atom. The number of methoxy groups -OCH3 is 1. The van der Waals surface area contributed by atoms with Crippen molar-refractivity contribution >= 4 is 38.3 Å². The van der Waals surface area contributed by atoms with E-state index >= 15 is 0 Å². The second-order valence-corrected chi connectivity index (χ2v) is 6.12. The molecule has 21 heavy (non-hydrogen) atoms. The molecule has 0 aliphatic carbocycles. The molecule has 0 fully saturated rings. The maximum absolute atomic E-state index is 5.88. The van der Waals surface area contributed by atoms with Crippen LogP contribution in [0.25, 0.3) is 10.2 Å². The average molecular weight is 319 g/mol. The summed E-state index contributed by atoms with van der Waals surface area (Å²) in [6, 6.07) is 13.9. The lowest BCUT2D eigenvalue weighted by Crippen LogP contribution is -2.04. The zero-order valence-electron chi connectivity index (χ0n) is 11.6. The molecule has 1 aromatic heterocycles. The fourth-order valence-corrected chi connectivity index (χ4v) is 3.12. The Labute approximate surface area is 132 Å². The molecule has 3 aromatic rings. The minimum atomic E-state index is 0.770. The summed E-state index contributed by atoms with van der Waals surface area (Å²) in [5.74, 6) is 0.860. The highest BCUT2D eigenvalue weighted by Gasteiger charge is 2.04. The molecular weight excluding hydrogens is 304 g/mol. The van der Waals surface area contributed by atoms with Crippen molar-refractivity contribution in [1.82, 2.24) is 4.98 Å². The van der Waals surface area contributed by atoms with Crippen molar-refractivity contribution in [1.29, 1.82) is 0 Å². The van der Waals surface area contributed by atoms with Gasteiger partial charge in [0.05, 0.1) is 17.3 Å². The summed E-state index contributed by atoms with van der Waals surface area (Å²) >= 11 is 7.52. The highest BCUT2D eigenvalue weighted by atomic mass is 35.5. The van der Waals surface area contributed by atoms with E-state index in [1.165, 1.54) is 5.56 Å². The van der Waals surface area contributed by atoms with Crippen LogP contribution in [0, 0.1) is 0 Å². The van der Waals surface area contributed by atoms with E-state index in [9.17, 15) is 0 Å². The van der Waals surface area contributed by atoms with Crippen molar-refractivity contribution in [3.63, 3.8) is 0 Å². The molecule has 0 saturated heterocycles. The molecule has 3 nitrogen and oxygen atoms in total. The Morgan fingerprint density at radius 2 is 2.00 bits per heavy atom. The van der Waals surface area contributed by atoms with E-state index in [2.05, 4.69) is 10.3 Å². The lowest BCUT2D eigenvalue weighted by Gasteiger charge is -2.02. The topological polar surface area (TPSA) is 34.1 Å². The van der Waals surface area contributed by atoms with Crippen LogP contribution in [-0.4, -0.2) is 18.6 Å². The van der Waals surface area contributed by atoms with Crippen LogP contribution in [0.2, 0.25) is 5.02 Å². The minimum Gasteiger partial charge on any atom is -0.497 e. The molecule has 1 N–H and O–H groups in total. The first-order valence-corrected chi connectivity index (χ1v) is 7.87. The standard InChI is InChI=1S/C16H15ClN2OS/c1-20-13-6-7-14-15(10-13)21-16(19-14)18-9-8-11-2-4-12(17)5-3-11/h2-7,10H,8-9H2,1H3,(H,18,19). The molecule has 5 heteroatoms. The molecule has 0 amide bonds. The van der Waals surface area contributed by atoms with Crippen molar-refractivity contribution in [3.8, 4) is 5.75 Å². The molecule has 1 heterocycles. The predicted octanol–water partition coefficient (Wildman–Crippen LogP) is 4.61. The van der Waals surface area contributed by atoms with E-state index in [1.54, 1.807) is 18.4 Å². The van der Waals surface area contributed by atoms with Crippen LogP contribution in [0.1, 0.15) is 5.56 Å². The quantitative estimate of drug-likeness (QED) is 0.745. The third-order valence-electron chi connectivity index (χ3n) is 3.20. The number of nitrogens with one attached hydrogen (secondary N) is 1. The highest BCUT2D eigenvalue weighted by Crippen LogP contribution is 2.29. The number of anilines is 1. The van der Waals surface area contributed by atoms with E-state index in [4.69, 9.17) is 16.3 Å². The van der Waals surface area contributed by atoms with Gasteiger partial charge in [-0.3, -0.25) is 0 Å². The number of nitrogens with zero attached hydrogens (tertiary/aromatic N) is 1. The SMILES string of the molecule is COc1ccc2nc(NCCc3ccc(Cl)cc3)sc2c1. The molecule has 0 saturated carbocycles. The lowest BCUT2D eigenvalue weighted by atomic mass is 10.1. The number of benzene rings is 2. The minimum absolute atomic E-state index is 0.770. The first-order valence-electron chi connectivity index (χ1n) is 6.67. The van der Waals surface area contributed by atoms with Crippen molar-refractivity contribution in [3.05, 3.63) is 53.1 Å². The van der Waals surface area contributed by atoms with Crippen molar-refractivity contribution < 1.29 is 4.74 Å². The van der Waals surface area contributed by atoms with Gasteiger partial charge in [0.15, 0.2) is 5.13 Å². The van der Waals surface area contributed by atoms with Crippen LogP contribution in [0.15, 0.2) is 42.5 Å². The molecule has 0 bridgehead atoms. The zero-order valence-corrected chi connectivity index (χ0v) is 13.2. The second kappa shape index (κ2) is 6.33. The van der Waals surface area contributed by atoms with E-state index < -0.39 is 0 Å². The van der Waals surface area contributed by atoms with Gasteiger partial charge in [0.2, 0.25) is 0 Å². The van der Waals surface area contributed by atoms with Crippen LogP contribution in [0.3, 0.4) is 0 Å². The summed E-state index contributed by atoms with van der Waals surface area (Å²) in [6.45, 7) is 0.846. The molecular formula is C16H15ClN2OS. The predicted molar refractivity (Wildman–Crippen MR) is 89.8 cm³/mol. The highest BCUT2D eigenvalue weighted by molar-refractivity contribution is 7.22. The summed E-state index contributed by atoms with van der Waals surface area (Å²) in [4.78, 5) is 4.56. The average Bonchev–Trinajstić information content (AvgIpc) is 2.91.